The molecule has 2 aromatic heterocycles. The van der Waals surface area contributed by atoms with Crippen molar-refractivity contribution < 1.29 is 4.39 Å². The molecule has 4 rings (SSSR count). The minimum atomic E-state index is -0.513. The van der Waals surface area contributed by atoms with Gasteiger partial charge < -0.3 is 9.80 Å². The van der Waals surface area contributed by atoms with Gasteiger partial charge in [0.25, 0.3) is 5.56 Å². The molecule has 3 heterocycles. The summed E-state index contributed by atoms with van der Waals surface area (Å²) in [5.41, 5.74) is 0.828. The number of hydrogen-bond donors (Lipinski definition) is 0. The molecule has 1 aliphatic heterocycles. The molecule has 0 aliphatic carbocycles. The number of anilines is 1. The molecule has 8 heteroatoms. The third-order valence-electron chi connectivity index (χ3n) is 5.91. The maximum Gasteiger partial charge on any atom is 0.263 e. The zero-order chi connectivity index (χ0) is 21.6. The number of aromatic nitrogens is 3. The van der Waals surface area contributed by atoms with Gasteiger partial charge in [0.05, 0.1) is 16.6 Å². The van der Waals surface area contributed by atoms with Crippen molar-refractivity contribution in [1.29, 1.82) is 0 Å². The van der Waals surface area contributed by atoms with Gasteiger partial charge in [0.1, 0.15) is 17.5 Å². The molecular weight excluding hydrogens is 405 g/mol. The van der Waals surface area contributed by atoms with Crippen molar-refractivity contribution in [3.63, 3.8) is 0 Å². The van der Waals surface area contributed by atoms with Gasteiger partial charge in [0.2, 0.25) is 0 Å². The third-order valence-corrected chi connectivity index (χ3v) is 6.14. The van der Waals surface area contributed by atoms with E-state index in [1.165, 1.54) is 10.6 Å². The minimum absolute atomic E-state index is 0.245. The molecule has 0 bridgehead atoms. The summed E-state index contributed by atoms with van der Waals surface area (Å²) in [7, 11) is 5.81. The van der Waals surface area contributed by atoms with Crippen LogP contribution in [0.5, 0.6) is 0 Å². The molecule has 0 unspecified atom stereocenters. The second-order valence-electron chi connectivity index (χ2n) is 8.08. The highest BCUT2D eigenvalue weighted by Gasteiger charge is 2.25. The van der Waals surface area contributed by atoms with Crippen LogP contribution in [-0.4, -0.2) is 52.7 Å². The number of hydrogen-bond acceptors (Lipinski definition) is 5. The fourth-order valence-electron chi connectivity index (χ4n) is 4.00. The van der Waals surface area contributed by atoms with Crippen LogP contribution in [0.15, 0.2) is 29.1 Å². The molecule has 0 radical (unpaired) electrons. The molecule has 0 amide bonds. The van der Waals surface area contributed by atoms with Crippen molar-refractivity contribution in [2.24, 2.45) is 7.05 Å². The quantitative estimate of drug-likeness (QED) is 0.636. The van der Waals surface area contributed by atoms with Crippen molar-refractivity contribution in [1.82, 2.24) is 19.4 Å². The molecule has 1 aliphatic rings. The molecule has 6 nitrogen and oxygen atoms in total. The monoisotopic (exact) mass is 429 g/mol. The second kappa shape index (κ2) is 7.96. The lowest BCUT2D eigenvalue weighted by molar-refractivity contribution is 0.257. The van der Waals surface area contributed by atoms with E-state index in [9.17, 15) is 9.18 Å². The molecule has 3 aromatic rings. The van der Waals surface area contributed by atoms with E-state index in [0.717, 1.165) is 25.9 Å². The summed E-state index contributed by atoms with van der Waals surface area (Å²) < 4.78 is 16.3. The number of benzene rings is 1. The number of fused-ring (bicyclic) bond motifs is 1. The Morgan fingerprint density at radius 1 is 1.23 bits per heavy atom. The predicted molar refractivity (Wildman–Crippen MR) is 119 cm³/mol. The first kappa shape index (κ1) is 20.8. The summed E-state index contributed by atoms with van der Waals surface area (Å²) in [6, 6.07) is 6.67. The van der Waals surface area contributed by atoms with E-state index in [1.807, 2.05) is 6.07 Å². The molecular formula is C22H25ClFN5O. The average Bonchev–Trinajstić information content (AvgIpc) is 2.71. The van der Waals surface area contributed by atoms with Crippen molar-refractivity contribution in [2.75, 3.05) is 32.1 Å². The number of nitrogens with zero attached hydrogens (tertiary/aromatic N) is 5. The van der Waals surface area contributed by atoms with Crippen LogP contribution in [-0.2, 0) is 7.05 Å². The van der Waals surface area contributed by atoms with Crippen LogP contribution in [0.4, 0.5) is 10.2 Å². The van der Waals surface area contributed by atoms with Gasteiger partial charge in [-0.2, -0.15) is 0 Å². The van der Waals surface area contributed by atoms with Crippen LogP contribution >= 0.6 is 11.6 Å². The minimum Gasteiger partial charge on any atom is -0.355 e. The first-order valence-corrected chi connectivity index (χ1v) is 10.4. The van der Waals surface area contributed by atoms with Crippen LogP contribution in [0.25, 0.3) is 22.2 Å². The molecule has 0 spiro atoms. The number of aryl methyl sites for hydroxylation is 1. The maximum atomic E-state index is 14.8. The molecule has 158 valence electrons. The number of rotatable bonds is 3. The average molecular weight is 430 g/mol. The van der Waals surface area contributed by atoms with E-state index in [-0.39, 0.29) is 11.1 Å². The fourth-order valence-corrected chi connectivity index (χ4v) is 4.16. The lowest BCUT2D eigenvalue weighted by Gasteiger charge is -2.37. The Balaban J connectivity index is 1.96. The third kappa shape index (κ3) is 3.68. The number of halogens is 2. The Morgan fingerprint density at radius 3 is 2.70 bits per heavy atom. The Bertz CT molecular complexity index is 1180. The van der Waals surface area contributed by atoms with Crippen LogP contribution in [0.3, 0.4) is 0 Å². The molecule has 1 atom stereocenters. The molecule has 1 saturated heterocycles. The number of piperidine rings is 1. The summed E-state index contributed by atoms with van der Waals surface area (Å²) in [6.07, 6.45) is 2.16. The van der Waals surface area contributed by atoms with Gasteiger partial charge in [-0.1, -0.05) is 11.6 Å². The van der Waals surface area contributed by atoms with E-state index in [4.69, 9.17) is 16.6 Å². The van der Waals surface area contributed by atoms with Crippen LogP contribution in [0.2, 0.25) is 5.02 Å². The molecule has 1 aromatic carbocycles. The second-order valence-corrected chi connectivity index (χ2v) is 8.51. The van der Waals surface area contributed by atoms with Gasteiger partial charge in [-0.15, -0.1) is 0 Å². The smallest absolute Gasteiger partial charge is 0.263 e. The van der Waals surface area contributed by atoms with Gasteiger partial charge in [-0.3, -0.25) is 9.36 Å². The topological polar surface area (TPSA) is 54.3 Å². The fraction of sp³-hybridized carbons (Fsp3) is 0.409. The summed E-state index contributed by atoms with van der Waals surface area (Å²) in [5, 5.41) is 0.609. The van der Waals surface area contributed by atoms with Crippen molar-refractivity contribution in [3.8, 4) is 11.3 Å². The van der Waals surface area contributed by atoms with Crippen molar-refractivity contribution >= 4 is 28.3 Å². The summed E-state index contributed by atoms with van der Waals surface area (Å²) in [5.74, 6) is 0.788. The summed E-state index contributed by atoms with van der Waals surface area (Å²) in [6.45, 7) is 3.46. The predicted octanol–water partition coefficient (Wildman–Crippen LogP) is 3.63. The standard InChI is InChI=1S/C22H25ClFN5O/c1-13-25-18-11-19(29-9-5-6-15(12-29)27(2)3)26-21(20(18)22(30)28(13)4)16-8-7-14(23)10-17(16)24/h7-8,10-11,15H,5-6,9,12H2,1-4H3/t15-/m1/s1. The summed E-state index contributed by atoms with van der Waals surface area (Å²) >= 11 is 5.95. The van der Waals surface area contributed by atoms with Gasteiger partial charge >= 0.3 is 0 Å². The van der Waals surface area contributed by atoms with E-state index in [1.54, 1.807) is 26.1 Å². The first-order chi connectivity index (χ1) is 14.3. The van der Waals surface area contributed by atoms with E-state index in [0.29, 0.717) is 39.3 Å². The summed E-state index contributed by atoms with van der Waals surface area (Å²) in [4.78, 5) is 26.9. The molecule has 1 fully saturated rings. The largest absolute Gasteiger partial charge is 0.355 e. The van der Waals surface area contributed by atoms with Gasteiger partial charge in [0.15, 0.2) is 0 Å². The molecule has 30 heavy (non-hydrogen) atoms. The van der Waals surface area contributed by atoms with E-state index < -0.39 is 5.82 Å². The maximum absolute atomic E-state index is 14.8. The zero-order valence-electron chi connectivity index (χ0n) is 17.6. The highest BCUT2D eigenvalue weighted by molar-refractivity contribution is 6.30. The van der Waals surface area contributed by atoms with Gasteiger partial charge in [-0.25, -0.2) is 14.4 Å². The normalized spacial score (nSPS) is 17.2. The lowest BCUT2D eigenvalue weighted by atomic mass is 10.0. The molecule has 0 N–H and O–H groups in total. The number of likely N-dealkylation sites (N-methyl/N-ethyl adjacent to an activating group) is 1. The van der Waals surface area contributed by atoms with E-state index in [2.05, 4.69) is 28.9 Å². The van der Waals surface area contributed by atoms with Crippen molar-refractivity contribution in [2.45, 2.75) is 25.8 Å². The van der Waals surface area contributed by atoms with Crippen LogP contribution in [0, 0.1) is 12.7 Å². The first-order valence-electron chi connectivity index (χ1n) is 10.0. The lowest BCUT2D eigenvalue weighted by Crippen LogP contribution is -2.45. The Labute approximate surface area is 179 Å². The van der Waals surface area contributed by atoms with Gasteiger partial charge in [-0.05, 0) is 52.1 Å². The number of pyridine rings is 1. The van der Waals surface area contributed by atoms with E-state index >= 15 is 0 Å². The zero-order valence-corrected chi connectivity index (χ0v) is 18.4. The van der Waals surface area contributed by atoms with Crippen LogP contribution < -0.4 is 10.5 Å². The van der Waals surface area contributed by atoms with Gasteiger partial charge in [0, 0.05) is 42.8 Å². The Morgan fingerprint density at radius 2 is 2.00 bits per heavy atom. The highest BCUT2D eigenvalue weighted by atomic mass is 35.5. The Kier molecular flexibility index (Phi) is 5.51. The SMILES string of the molecule is Cc1nc2cc(N3CCC[C@@H](N(C)C)C3)nc(-c3ccc(Cl)cc3F)c2c(=O)n1C. The highest BCUT2D eigenvalue weighted by Crippen LogP contribution is 2.32. The Hall–Kier alpha value is -2.51. The van der Waals surface area contributed by atoms with Crippen molar-refractivity contribution in [3.05, 3.63) is 51.3 Å². The molecule has 0 saturated carbocycles. The van der Waals surface area contributed by atoms with Crippen LogP contribution in [0.1, 0.15) is 18.7 Å².